The fraction of sp³-hybridized carbons (Fsp3) is 0.542. The summed E-state index contributed by atoms with van der Waals surface area (Å²) in [7, 11) is 0. The van der Waals surface area contributed by atoms with Crippen LogP contribution in [0.25, 0.3) is 5.69 Å². The van der Waals surface area contributed by atoms with E-state index in [-0.39, 0.29) is 24.5 Å². The number of aromatic nitrogens is 2. The molecule has 1 aromatic carbocycles. The molecule has 30 heavy (non-hydrogen) atoms. The van der Waals surface area contributed by atoms with Crippen molar-refractivity contribution >= 4 is 17.7 Å². The Kier molecular flexibility index (Phi) is 6.95. The standard InChI is InChI=1S/C24H33N3O3/c1-6-30-24(29)21-15-26(20-9-7-8-18(5)14-20)25-22(21)27(16(2)3)23(28)19-12-10-17(4)11-13-19/h7-9,14-17,19H,6,10-13H2,1-5H3/t17-,19-. The molecule has 2 aromatic rings. The van der Waals surface area contributed by atoms with Gasteiger partial charge in [-0.1, -0.05) is 19.1 Å². The number of ether oxygens (including phenoxy) is 1. The first kappa shape index (κ1) is 22.1. The number of hydrogen-bond donors (Lipinski definition) is 0. The minimum Gasteiger partial charge on any atom is -0.462 e. The fourth-order valence-corrected chi connectivity index (χ4v) is 4.11. The fourth-order valence-electron chi connectivity index (χ4n) is 4.11. The van der Waals surface area contributed by atoms with Gasteiger partial charge in [-0.2, -0.15) is 0 Å². The number of amides is 1. The molecule has 1 saturated carbocycles. The molecule has 0 unspecified atom stereocenters. The van der Waals surface area contributed by atoms with Crippen molar-refractivity contribution < 1.29 is 14.3 Å². The smallest absolute Gasteiger partial charge is 0.343 e. The highest BCUT2D eigenvalue weighted by Gasteiger charge is 2.34. The van der Waals surface area contributed by atoms with Crippen molar-refractivity contribution in [3.8, 4) is 5.69 Å². The van der Waals surface area contributed by atoms with Crippen LogP contribution in [0.5, 0.6) is 0 Å². The topological polar surface area (TPSA) is 64.4 Å². The summed E-state index contributed by atoms with van der Waals surface area (Å²) < 4.78 is 6.95. The highest BCUT2D eigenvalue weighted by atomic mass is 16.5. The first-order valence-electron chi connectivity index (χ1n) is 11.0. The van der Waals surface area contributed by atoms with Gasteiger partial charge in [0.2, 0.25) is 5.91 Å². The van der Waals surface area contributed by atoms with Gasteiger partial charge in [0.15, 0.2) is 5.82 Å². The molecular formula is C24H33N3O3. The highest BCUT2D eigenvalue weighted by molar-refractivity contribution is 6.02. The number of hydrogen-bond acceptors (Lipinski definition) is 4. The molecule has 1 aliphatic carbocycles. The summed E-state index contributed by atoms with van der Waals surface area (Å²) in [6, 6.07) is 7.77. The zero-order valence-electron chi connectivity index (χ0n) is 18.7. The predicted molar refractivity (Wildman–Crippen MR) is 118 cm³/mol. The third kappa shape index (κ3) is 4.74. The largest absolute Gasteiger partial charge is 0.462 e. The molecule has 162 valence electrons. The van der Waals surface area contributed by atoms with E-state index in [1.807, 2.05) is 45.0 Å². The second kappa shape index (κ2) is 9.45. The Morgan fingerprint density at radius 1 is 1.23 bits per heavy atom. The summed E-state index contributed by atoms with van der Waals surface area (Å²) in [6.07, 6.45) is 5.57. The van der Waals surface area contributed by atoms with Crippen LogP contribution in [0, 0.1) is 18.8 Å². The van der Waals surface area contributed by atoms with Crippen molar-refractivity contribution in [2.45, 2.75) is 66.3 Å². The Labute approximate surface area is 179 Å². The van der Waals surface area contributed by atoms with E-state index in [4.69, 9.17) is 9.84 Å². The van der Waals surface area contributed by atoms with Gasteiger partial charge in [0.1, 0.15) is 5.56 Å². The minimum absolute atomic E-state index is 0.0252. The molecule has 0 spiro atoms. The number of anilines is 1. The van der Waals surface area contributed by atoms with Crippen LogP contribution in [0.4, 0.5) is 5.82 Å². The zero-order valence-corrected chi connectivity index (χ0v) is 18.7. The molecule has 3 rings (SSSR count). The van der Waals surface area contributed by atoms with Crippen molar-refractivity contribution in [2.75, 3.05) is 11.5 Å². The molecule has 6 nitrogen and oxygen atoms in total. The summed E-state index contributed by atoms with van der Waals surface area (Å²) in [5.74, 6) is 0.618. The summed E-state index contributed by atoms with van der Waals surface area (Å²) >= 11 is 0. The number of benzene rings is 1. The van der Waals surface area contributed by atoms with Crippen LogP contribution in [0.2, 0.25) is 0 Å². The molecule has 0 saturated heterocycles. The van der Waals surface area contributed by atoms with Gasteiger partial charge in [-0.05, 0) is 77.0 Å². The normalized spacial score (nSPS) is 19.0. The third-order valence-corrected chi connectivity index (χ3v) is 5.80. The molecule has 1 fully saturated rings. The van der Waals surface area contributed by atoms with E-state index in [1.165, 1.54) is 0 Å². The number of carbonyl (C=O) groups is 2. The number of carbonyl (C=O) groups excluding carboxylic acids is 2. The molecule has 0 radical (unpaired) electrons. The molecule has 0 atom stereocenters. The number of nitrogens with zero attached hydrogens (tertiary/aromatic N) is 3. The quantitative estimate of drug-likeness (QED) is 0.633. The molecule has 0 N–H and O–H groups in total. The highest BCUT2D eigenvalue weighted by Crippen LogP contribution is 2.33. The van der Waals surface area contributed by atoms with E-state index in [9.17, 15) is 9.59 Å². The molecule has 6 heteroatoms. The summed E-state index contributed by atoms with van der Waals surface area (Å²) in [4.78, 5) is 27.9. The van der Waals surface area contributed by atoms with Crippen molar-refractivity contribution in [2.24, 2.45) is 11.8 Å². The SMILES string of the molecule is CCOC(=O)c1cn(-c2cccc(C)c2)nc1N(C(=O)[C@H]1CC[C@H](C)CC1)C(C)C. The van der Waals surface area contributed by atoms with Crippen LogP contribution < -0.4 is 4.90 Å². The Morgan fingerprint density at radius 3 is 2.53 bits per heavy atom. The van der Waals surface area contributed by atoms with E-state index >= 15 is 0 Å². The molecule has 1 heterocycles. The maximum absolute atomic E-state index is 13.5. The van der Waals surface area contributed by atoms with Gasteiger partial charge in [0.25, 0.3) is 0 Å². The van der Waals surface area contributed by atoms with Crippen LogP contribution >= 0.6 is 0 Å². The summed E-state index contributed by atoms with van der Waals surface area (Å²) in [5, 5.41) is 4.70. The van der Waals surface area contributed by atoms with E-state index in [1.54, 1.807) is 22.7 Å². The molecule has 1 aromatic heterocycles. The van der Waals surface area contributed by atoms with Crippen molar-refractivity contribution in [1.29, 1.82) is 0 Å². The van der Waals surface area contributed by atoms with Crippen molar-refractivity contribution in [3.63, 3.8) is 0 Å². The second-order valence-corrected chi connectivity index (χ2v) is 8.63. The average Bonchev–Trinajstić information content (AvgIpc) is 3.13. The minimum atomic E-state index is -0.456. The lowest BCUT2D eigenvalue weighted by atomic mass is 9.82. The molecular weight excluding hydrogens is 378 g/mol. The second-order valence-electron chi connectivity index (χ2n) is 8.63. The van der Waals surface area contributed by atoms with Crippen LogP contribution in [0.1, 0.15) is 69.3 Å². The Bertz CT molecular complexity index is 895. The first-order chi connectivity index (χ1) is 14.3. The predicted octanol–water partition coefficient (Wildman–Crippen LogP) is 4.93. The molecule has 1 amide bonds. The lowest BCUT2D eigenvalue weighted by molar-refractivity contribution is -0.123. The van der Waals surface area contributed by atoms with E-state index in [2.05, 4.69) is 6.92 Å². The van der Waals surface area contributed by atoms with Gasteiger partial charge in [-0.15, -0.1) is 5.10 Å². The Morgan fingerprint density at radius 2 is 1.93 bits per heavy atom. The first-order valence-corrected chi connectivity index (χ1v) is 11.0. The van der Waals surface area contributed by atoms with Gasteiger partial charge < -0.3 is 4.74 Å². The van der Waals surface area contributed by atoms with Crippen LogP contribution in [0.15, 0.2) is 30.5 Å². The monoisotopic (exact) mass is 411 g/mol. The average molecular weight is 412 g/mol. The van der Waals surface area contributed by atoms with Crippen LogP contribution in [-0.4, -0.2) is 34.3 Å². The lowest BCUT2D eigenvalue weighted by Crippen LogP contribution is -2.43. The van der Waals surface area contributed by atoms with Crippen LogP contribution in [0.3, 0.4) is 0 Å². The summed E-state index contributed by atoms with van der Waals surface area (Å²) in [5.41, 5.74) is 2.26. The van der Waals surface area contributed by atoms with Crippen molar-refractivity contribution in [1.82, 2.24) is 9.78 Å². The molecule has 0 bridgehead atoms. The van der Waals surface area contributed by atoms with E-state index in [0.29, 0.717) is 17.3 Å². The number of aryl methyl sites for hydroxylation is 1. The molecule has 1 aliphatic rings. The van der Waals surface area contributed by atoms with Gasteiger partial charge in [-0.25, -0.2) is 9.48 Å². The molecule has 0 aliphatic heterocycles. The Balaban J connectivity index is 2.03. The van der Waals surface area contributed by atoms with Crippen molar-refractivity contribution in [3.05, 3.63) is 41.6 Å². The number of esters is 1. The third-order valence-electron chi connectivity index (χ3n) is 5.80. The maximum atomic E-state index is 13.5. The number of rotatable bonds is 6. The van der Waals surface area contributed by atoms with Gasteiger partial charge in [0.05, 0.1) is 12.3 Å². The Hall–Kier alpha value is -2.63. The van der Waals surface area contributed by atoms with Gasteiger partial charge in [-0.3, -0.25) is 9.69 Å². The van der Waals surface area contributed by atoms with Gasteiger partial charge >= 0.3 is 5.97 Å². The van der Waals surface area contributed by atoms with E-state index < -0.39 is 5.97 Å². The lowest BCUT2D eigenvalue weighted by Gasteiger charge is -2.32. The summed E-state index contributed by atoms with van der Waals surface area (Å²) in [6.45, 7) is 10.2. The zero-order chi connectivity index (χ0) is 21.8. The van der Waals surface area contributed by atoms with Crippen LogP contribution in [-0.2, 0) is 9.53 Å². The van der Waals surface area contributed by atoms with E-state index in [0.717, 1.165) is 36.9 Å². The maximum Gasteiger partial charge on any atom is 0.343 e. The van der Waals surface area contributed by atoms with Gasteiger partial charge in [0, 0.05) is 18.2 Å².